The molecule has 1 heterocycles. The summed E-state index contributed by atoms with van der Waals surface area (Å²) in [5.74, 6) is 0. The van der Waals surface area contributed by atoms with Crippen molar-refractivity contribution in [3.63, 3.8) is 0 Å². The zero-order valence-electron chi connectivity index (χ0n) is 13.1. The van der Waals surface area contributed by atoms with Crippen LogP contribution in [-0.2, 0) is 16.1 Å². The first-order valence-electron chi connectivity index (χ1n) is 7.96. The highest BCUT2D eigenvalue weighted by Gasteiger charge is 2.24. The van der Waals surface area contributed by atoms with Gasteiger partial charge in [0.1, 0.15) is 0 Å². The largest absolute Gasteiger partial charge is 0.449 e. The summed E-state index contributed by atoms with van der Waals surface area (Å²) < 4.78 is 12.3. The van der Waals surface area contributed by atoms with E-state index in [4.69, 9.17) is 9.47 Å². The average molecular weight is 370 g/mol. The van der Waals surface area contributed by atoms with Crippen molar-refractivity contribution in [2.45, 2.75) is 45.3 Å². The molecule has 1 saturated heterocycles. The minimum atomic E-state index is -0.181. The number of benzene rings is 1. The van der Waals surface area contributed by atoms with Gasteiger partial charge in [-0.1, -0.05) is 41.4 Å². The number of nitrogens with zero attached hydrogens (tertiary/aromatic N) is 1. The smallest absolute Gasteiger partial charge is 0.409 e. The summed E-state index contributed by atoms with van der Waals surface area (Å²) in [5.41, 5.74) is 1.17. The molecule has 1 aliphatic rings. The molecular weight excluding hydrogens is 346 g/mol. The molecule has 1 fully saturated rings. The SMILES string of the molecule is CCCCOC(=O)N1CCC(OCc2ccc(Br)cc2)CC1. The third kappa shape index (κ3) is 5.61. The normalized spacial score (nSPS) is 15.8. The van der Waals surface area contributed by atoms with E-state index in [9.17, 15) is 4.79 Å². The average Bonchev–Trinajstić information content (AvgIpc) is 2.55. The van der Waals surface area contributed by atoms with Crippen LogP contribution in [0, 0.1) is 0 Å². The molecule has 0 N–H and O–H groups in total. The number of unbranched alkanes of at least 4 members (excludes halogenated alkanes) is 1. The topological polar surface area (TPSA) is 38.8 Å². The van der Waals surface area contributed by atoms with Gasteiger partial charge in [0.25, 0.3) is 0 Å². The minimum absolute atomic E-state index is 0.181. The van der Waals surface area contributed by atoms with Crippen molar-refractivity contribution < 1.29 is 14.3 Å². The summed E-state index contributed by atoms with van der Waals surface area (Å²) in [7, 11) is 0. The molecule has 1 aromatic rings. The van der Waals surface area contributed by atoms with E-state index < -0.39 is 0 Å². The number of piperidine rings is 1. The predicted molar refractivity (Wildman–Crippen MR) is 89.8 cm³/mol. The van der Waals surface area contributed by atoms with Gasteiger partial charge in [0.2, 0.25) is 0 Å². The van der Waals surface area contributed by atoms with E-state index in [1.165, 1.54) is 5.56 Å². The summed E-state index contributed by atoms with van der Waals surface area (Å²) in [6.07, 6.45) is 3.76. The van der Waals surface area contributed by atoms with Crippen LogP contribution in [0.15, 0.2) is 28.7 Å². The molecule has 122 valence electrons. The van der Waals surface area contributed by atoms with Crippen LogP contribution in [0.1, 0.15) is 38.2 Å². The van der Waals surface area contributed by atoms with Crippen molar-refractivity contribution in [3.8, 4) is 0 Å². The first-order valence-corrected chi connectivity index (χ1v) is 8.76. The first kappa shape index (κ1) is 17.3. The van der Waals surface area contributed by atoms with Crippen LogP contribution in [0.5, 0.6) is 0 Å². The molecule has 0 unspecified atom stereocenters. The lowest BCUT2D eigenvalue weighted by molar-refractivity contribution is -0.00329. The van der Waals surface area contributed by atoms with E-state index in [2.05, 4.69) is 35.0 Å². The molecule has 5 heteroatoms. The Balaban J connectivity index is 1.66. The van der Waals surface area contributed by atoms with Gasteiger partial charge in [-0.3, -0.25) is 0 Å². The van der Waals surface area contributed by atoms with Crippen LogP contribution in [0.25, 0.3) is 0 Å². The molecule has 1 amide bonds. The lowest BCUT2D eigenvalue weighted by atomic mass is 10.1. The monoisotopic (exact) mass is 369 g/mol. The predicted octanol–water partition coefficient (Wildman–Crippen LogP) is 4.37. The van der Waals surface area contributed by atoms with E-state index >= 15 is 0 Å². The van der Waals surface area contributed by atoms with Gasteiger partial charge in [-0.05, 0) is 37.0 Å². The van der Waals surface area contributed by atoms with Crippen LogP contribution < -0.4 is 0 Å². The number of halogens is 1. The molecule has 0 saturated carbocycles. The van der Waals surface area contributed by atoms with Crippen LogP contribution in [0.4, 0.5) is 4.79 Å². The Morgan fingerprint density at radius 2 is 1.95 bits per heavy atom. The number of carbonyl (C=O) groups excluding carboxylic acids is 1. The second-order valence-electron chi connectivity index (χ2n) is 5.59. The van der Waals surface area contributed by atoms with Crippen molar-refractivity contribution in [3.05, 3.63) is 34.3 Å². The van der Waals surface area contributed by atoms with E-state index in [1.807, 2.05) is 12.1 Å². The highest BCUT2D eigenvalue weighted by molar-refractivity contribution is 9.10. The number of rotatable bonds is 6. The summed E-state index contributed by atoms with van der Waals surface area (Å²) in [6, 6.07) is 8.16. The number of amides is 1. The van der Waals surface area contributed by atoms with Gasteiger partial charge in [0.05, 0.1) is 19.3 Å². The zero-order chi connectivity index (χ0) is 15.8. The Labute approximate surface area is 140 Å². The number of ether oxygens (including phenoxy) is 2. The summed E-state index contributed by atoms with van der Waals surface area (Å²) in [6.45, 7) is 4.67. The summed E-state index contributed by atoms with van der Waals surface area (Å²) in [4.78, 5) is 13.6. The van der Waals surface area contributed by atoms with Crippen LogP contribution in [0.2, 0.25) is 0 Å². The molecule has 1 aromatic carbocycles. The lowest BCUT2D eigenvalue weighted by Gasteiger charge is -2.31. The summed E-state index contributed by atoms with van der Waals surface area (Å²) >= 11 is 3.43. The van der Waals surface area contributed by atoms with Crippen molar-refractivity contribution in [1.82, 2.24) is 4.90 Å². The van der Waals surface area contributed by atoms with Gasteiger partial charge < -0.3 is 14.4 Å². The Hall–Kier alpha value is -1.07. The second-order valence-corrected chi connectivity index (χ2v) is 6.51. The fourth-order valence-electron chi connectivity index (χ4n) is 2.39. The van der Waals surface area contributed by atoms with Gasteiger partial charge >= 0.3 is 6.09 Å². The van der Waals surface area contributed by atoms with Crippen molar-refractivity contribution in [1.29, 1.82) is 0 Å². The molecule has 2 rings (SSSR count). The molecule has 22 heavy (non-hydrogen) atoms. The third-order valence-corrected chi connectivity index (χ3v) is 4.35. The van der Waals surface area contributed by atoms with Gasteiger partial charge in [0, 0.05) is 17.6 Å². The molecular formula is C17H24BrNO3. The van der Waals surface area contributed by atoms with Gasteiger partial charge in [-0.25, -0.2) is 4.79 Å². The fraction of sp³-hybridized carbons (Fsp3) is 0.588. The lowest BCUT2D eigenvalue weighted by Crippen LogP contribution is -2.41. The second kappa shape index (κ2) is 9.16. The number of hydrogen-bond donors (Lipinski definition) is 0. The van der Waals surface area contributed by atoms with Crippen LogP contribution >= 0.6 is 15.9 Å². The maximum atomic E-state index is 11.8. The molecule has 0 radical (unpaired) electrons. The van der Waals surface area contributed by atoms with Gasteiger partial charge in [-0.15, -0.1) is 0 Å². The van der Waals surface area contributed by atoms with E-state index in [-0.39, 0.29) is 12.2 Å². The van der Waals surface area contributed by atoms with Crippen LogP contribution in [-0.4, -0.2) is 36.8 Å². The van der Waals surface area contributed by atoms with E-state index in [0.29, 0.717) is 13.2 Å². The zero-order valence-corrected chi connectivity index (χ0v) is 14.7. The fourth-order valence-corrected chi connectivity index (χ4v) is 2.66. The Morgan fingerprint density at radius 3 is 2.59 bits per heavy atom. The Morgan fingerprint density at radius 1 is 1.27 bits per heavy atom. The van der Waals surface area contributed by atoms with Gasteiger partial charge in [0.15, 0.2) is 0 Å². The quantitative estimate of drug-likeness (QED) is 0.698. The molecule has 0 spiro atoms. The maximum absolute atomic E-state index is 11.8. The third-order valence-electron chi connectivity index (χ3n) is 3.82. The minimum Gasteiger partial charge on any atom is -0.449 e. The number of hydrogen-bond acceptors (Lipinski definition) is 3. The van der Waals surface area contributed by atoms with Crippen molar-refractivity contribution >= 4 is 22.0 Å². The van der Waals surface area contributed by atoms with Crippen LogP contribution in [0.3, 0.4) is 0 Å². The summed E-state index contributed by atoms with van der Waals surface area (Å²) in [5, 5.41) is 0. The van der Waals surface area contributed by atoms with E-state index in [1.54, 1.807) is 4.90 Å². The standard InChI is InChI=1S/C17H24BrNO3/c1-2-3-12-21-17(20)19-10-8-16(9-11-19)22-13-14-4-6-15(18)7-5-14/h4-7,16H,2-3,8-13H2,1H3. The molecule has 0 aromatic heterocycles. The van der Waals surface area contributed by atoms with Crippen molar-refractivity contribution in [2.75, 3.05) is 19.7 Å². The van der Waals surface area contributed by atoms with Crippen molar-refractivity contribution in [2.24, 2.45) is 0 Å². The highest BCUT2D eigenvalue weighted by Crippen LogP contribution is 2.17. The first-order chi connectivity index (χ1) is 10.7. The Bertz CT molecular complexity index is 455. The molecule has 0 bridgehead atoms. The molecule has 0 aliphatic carbocycles. The molecule has 4 nitrogen and oxygen atoms in total. The molecule has 0 atom stereocenters. The van der Waals surface area contributed by atoms with E-state index in [0.717, 1.165) is 43.2 Å². The van der Waals surface area contributed by atoms with Gasteiger partial charge in [-0.2, -0.15) is 0 Å². The number of carbonyl (C=O) groups is 1. The maximum Gasteiger partial charge on any atom is 0.409 e. The Kier molecular flexibility index (Phi) is 7.19. The highest BCUT2D eigenvalue weighted by atomic mass is 79.9. The number of likely N-dealkylation sites (tertiary alicyclic amines) is 1. The molecule has 1 aliphatic heterocycles.